The van der Waals surface area contributed by atoms with E-state index in [1.165, 1.54) is 16.2 Å². The third-order valence-corrected chi connectivity index (χ3v) is 8.17. The number of carbonyl (C=O) groups is 3. The number of ether oxygens (including phenoxy) is 1. The van der Waals surface area contributed by atoms with Crippen LogP contribution in [0.4, 0.5) is 5.69 Å². The molecule has 4 aliphatic heterocycles. The minimum Gasteiger partial charge on any atom is -0.376 e. The van der Waals surface area contributed by atoms with Gasteiger partial charge >= 0.3 is 0 Å². The number of likely N-dealkylation sites (tertiary alicyclic amines) is 1. The highest BCUT2D eigenvalue weighted by molar-refractivity contribution is 7.12. The van der Waals surface area contributed by atoms with Gasteiger partial charge < -0.3 is 9.64 Å². The Labute approximate surface area is 190 Å². The van der Waals surface area contributed by atoms with Crippen LogP contribution in [0.5, 0.6) is 0 Å². The maximum atomic E-state index is 13.7. The average Bonchev–Trinajstić information content (AvgIpc) is 3.58. The number of Topliss-reactive ketones (excluding diaryl/α,β-unsaturated/α-hetero) is 1. The maximum absolute atomic E-state index is 13.7. The van der Waals surface area contributed by atoms with Gasteiger partial charge in [-0.3, -0.25) is 19.3 Å². The van der Waals surface area contributed by atoms with Gasteiger partial charge in [-0.2, -0.15) is 0 Å². The number of nitrogens with zero attached hydrogens (tertiary/aromatic N) is 2. The summed E-state index contributed by atoms with van der Waals surface area (Å²) in [7, 11) is 0. The van der Waals surface area contributed by atoms with Crippen molar-refractivity contribution in [3.05, 3.63) is 58.3 Å². The molecule has 1 aromatic carbocycles. The van der Waals surface area contributed by atoms with Crippen LogP contribution in [0.15, 0.2) is 47.9 Å². The molecule has 5 atom stereocenters. The van der Waals surface area contributed by atoms with E-state index in [0.29, 0.717) is 11.5 Å². The largest absolute Gasteiger partial charge is 0.376 e. The molecular formula is C25H24N2O4S. The summed E-state index contributed by atoms with van der Waals surface area (Å²) < 4.78 is 5.70. The topological polar surface area (TPSA) is 66.9 Å². The predicted molar refractivity (Wildman–Crippen MR) is 121 cm³/mol. The Morgan fingerprint density at radius 3 is 2.69 bits per heavy atom. The van der Waals surface area contributed by atoms with Crippen LogP contribution in [-0.4, -0.2) is 53.8 Å². The first-order valence-corrected chi connectivity index (χ1v) is 12.0. The molecule has 3 fully saturated rings. The van der Waals surface area contributed by atoms with E-state index in [2.05, 4.69) is 6.08 Å². The lowest BCUT2D eigenvalue weighted by atomic mass is 9.86. The quantitative estimate of drug-likeness (QED) is 0.530. The fourth-order valence-corrected chi connectivity index (χ4v) is 6.59. The smallest absolute Gasteiger partial charge is 0.235 e. The number of imide groups is 1. The number of amides is 2. The summed E-state index contributed by atoms with van der Waals surface area (Å²) in [6, 6.07) is 10.6. The summed E-state index contributed by atoms with van der Waals surface area (Å²) in [6.45, 7) is 2.99. The van der Waals surface area contributed by atoms with Gasteiger partial charge in [0.15, 0.2) is 5.78 Å². The third kappa shape index (κ3) is 2.77. The van der Waals surface area contributed by atoms with Crippen LogP contribution >= 0.6 is 11.3 Å². The summed E-state index contributed by atoms with van der Waals surface area (Å²) in [6.07, 6.45) is 3.77. The SMILES string of the molecule is CC1=C[C@@H]2[C@@H]3C(=O)N(C[C@@H]4CCCO4)C(=O)[C@@H]3[C@H](C(=O)c3cccs3)N2c2ccccc21. The van der Waals surface area contributed by atoms with Gasteiger partial charge in [-0.25, -0.2) is 0 Å². The molecule has 0 bridgehead atoms. The molecule has 1 aromatic heterocycles. The van der Waals surface area contributed by atoms with E-state index in [-0.39, 0.29) is 36.3 Å². The second kappa shape index (κ2) is 7.39. The second-order valence-electron chi connectivity index (χ2n) is 9.02. The summed E-state index contributed by atoms with van der Waals surface area (Å²) in [5.74, 6) is -1.72. The molecular weight excluding hydrogens is 424 g/mol. The highest BCUT2D eigenvalue weighted by atomic mass is 32.1. The first-order valence-electron chi connectivity index (χ1n) is 11.2. The second-order valence-corrected chi connectivity index (χ2v) is 9.97. The van der Waals surface area contributed by atoms with Gasteiger partial charge in [-0.05, 0) is 42.9 Å². The van der Waals surface area contributed by atoms with E-state index in [0.717, 1.165) is 29.7 Å². The lowest BCUT2D eigenvalue weighted by Crippen LogP contribution is -2.49. The number of rotatable bonds is 4. The minimum absolute atomic E-state index is 0.0830. The van der Waals surface area contributed by atoms with Crippen molar-refractivity contribution in [1.82, 2.24) is 4.90 Å². The Kier molecular flexibility index (Phi) is 4.59. The molecule has 6 nitrogen and oxygen atoms in total. The van der Waals surface area contributed by atoms with Crippen LogP contribution in [0.3, 0.4) is 0 Å². The van der Waals surface area contributed by atoms with Crippen LogP contribution in [0, 0.1) is 11.8 Å². The Balaban J connectivity index is 1.45. The number of allylic oxidation sites excluding steroid dienone is 1. The van der Waals surface area contributed by atoms with Gasteiger partial charge in [0, 0.05) is 17.9 Å². The zero-order valence-electron chi connectivity index (χ0n) is 17.8. The standard InChI is InChI=1S/C25H24N2O4S/c1-14-12-18-20-21(25(30)26(24(20)29)13-15-6-4-10-31-15)22(23(28)19-9-5-11-32-19)27(18)17-8-3-2-7-16(14)17/h2-3,5,7-9,11-12,15,18,20-22H,4,6,10,13H2,1H3/t15-,18+,20-,21-,22+/m0/s1. The maximum Gasteiger partial charge on any atom is 0.235 e. The van der Waals surface area contributed by atoms with Crippen molar-refractivity contribution in [2.75, 3.05) is 18.1 Å². The highest BCUT2D eigenvalue weighted by Crippen LogP contribution is 2.50. The van der Waals surface area contributed by atoms with Crippen LogP contribution in [0.25, 0.3) is 5.57 Å². The number of anilines is 1. The number of thiophene rings is 1. The molecule has 5 heterocycles. The van der Waals surface area contributed by atoms with Gasteiger partial charge in [0.2, 0.25) is 11.8 Å². The lowest BCUT2D eigenvalue weighted by molar-refractivity contribution is -0.142. The van der Waals surface area contributed by atoms with E-state index >= 15 is 0 Å². The van der Waals surface area contributed by atoms with Crippen LogP contribution < -0.4 is 4.90 Å². The molecule has 0 saturated carbocycles. The molecule has 0 radical (unpaired) electrons. The van der Waals surface area contributed by atoms with Crippen molar-refractivity contribution in [3.63, 3.8) is 0 Å². The summed E-state index contributed by atoms with van der Waals surface area (Å²) in [4.78, 5) is 45.0. The summed E-state index contributed by atoms with van der Waals surface area (Å²) in [5, 5.41) is 1.87. The summed E-state index contributed by atoms with van der Waals surface area (Å²) in [5.41, 5.74) is 3.04. The molecule has 3 saturated heterocycles. The van der Waals surface area contributed by atoms with E-state index in [9.17, 15) is 14.4 Å². The van der Waals surface area contributed by atoms with E-state index in [1.54, 1.807) is 6.07 Å². The molecule has 164 valence electrons. The molecule has 0 spiro atoms. The van der Waals surface area contributed by atoms with Crippen molar-refractivity contribution in [2.45, 2.75) is 38.0 Å². The third-order valence-electron chi connectivity index (χ3n) is 7.29. The van der Waals surface area contributed by atoms with E-state index < -0.39 is 17.9 Å². The van der Waals surface area contributed by atoms with Crippen LogP contribution in [0.2, 0.25) is 0 Å². The van der Waals surface area contributed by atoms with Crippen LogP contribution in [0.1, 0.15) is 35.0 Å². The number of para-hydroxylation sites is 1. The summed E-state index contributed by atoms with van der Waals surface area (Å²) >= 11 is 1.38. The van der Waals surface area contributed by atoms with Gasteiger partial charge in [-0.1, -0.05) is 30.3 Å². The Morgan fingerprint density at radius 1 is 1.12 bits per heavy atom. The van der Waals surface area contributed by atoms with E-state index in [4.69, 9.17) is 4.74 Å². The number of hydrogen-bond acceptors (Lipinski definition) is 6. The first kappa shape index (κ1) is 19.9. The fourth-order valence-electron chi connectivity index (χ4n) is 5.90. The molecule has 32 heavy (non-hydrogen) atoms. The number of carbonyl (C=O) groups excluding carboxylic acids is 3. The van der Waals surface area contributed by atoms with Crippen molar-refractivity contribution < 1.29 is 19.1 Å². The average molecular weight is 449 g/mol. The number of benzene rings is 1. The first-order chi connectivity index (χ1) is 15.6. The number of ketones is 1. The Morgan fingerprint density at radius 2 is 1.94 bits per heavy atom. The molecule has 0 N–H and O–H groups in total. The monoisotopic (exact) mass is 448 g/mol. The van der Waals surface area contributed by atoms with Crippen molar-refractivity contribution in [3.8, 4) is 0 Å². The molecule has 2 amide bonds. The lowest BCUT2D eigenvalue weighted by Gasteiger charge is -2.38. The van der Waals surface area contributed by atoms with Crippen LogP contribution in [-0.2, 0) is 14.3 Å². The number of fused-ring (bicyclic) bond motifs is 5. The predicted octanol–water partition coefficient (Wildman–Crippen LogP) is 3.39. The molecule has 4 aliphatic rings. The van der Waals surface area contributed by atoms with Gasteiger partial charge in [0.05, 0.1) is 35.4 Å². The van der Waals surface area contributed by atoms with Gasteiger partial charge in [0.25, 0.3) is 0 Å². The van der Waals surface area contributed by atoms with Crippen molar-refractivity contribution in [2.24, 2.45) is 11.8 Å². The van der Waals surface area contributed by atoms with Gasteiger partial charge in [-0.15, -0.1) is 11.3 Å². The highest BCUT2D eigenvalue weighted by Gasteiger charge is 2.64. The zero-order valence-corrected chi connectivity index (χ0v) is 18.6. The Hall–Kier alpha value is -2.77. The molecule has 6 rings (SSSR count). The molecule has 7 heteroatoms. The molecule has 0 unspecified atom stereocenters. The zero-order chi connectivity index (χ0) is 22.0. The number of hydrogen-bond donors (Lipinski definition) is 0. The van der Waals surface area contributed by atoms with Crippen molar-refractivity contribution >= 4 is 40.2 Å². The van der Waals surface area contributed by atoms with E-state index in [1.807, 2.05) is 47.5 Å². The minimum atomic E-state index is -0.694. The fraction of sp³-hybridized carbons (Fsp3) is 0.400. The molecule has 2 aromatic rings. The normalized spacial score (nSPS) is 30.9. The molecule has 0 aliphatic carbocycles. The van der Waals surface area contributed by atoms with Crippen molar-refractivity contribution in [1.29, 1.82) is 0 Å². The Bertz CT molecular complexity index is 1130. The van der Waals surface area contributed by atoms with Gasteiger partial charge in [0.1, 0.15) is 6.04 Å².